The Morgan fingerprint density at radius 3 is 2.59 bits per heavy atom. The van der Waals surface area contributed by atoms with Gasteiger partial charge in [-0.3, -0.25) is 4.79 Å². The van der Waals surface area contributed by atoms with Crippen LogP contribution >= 0.6 is 11.3 Å². The Morgan fingerprint density at radius 2 is 1.95 bits per heavy atom. The lowest BCUT2D eigenvalue weighted by molar-refractivity contribution is -0.866. The van der Waals surface area contributed by atoms with E-state index in [0.29, 0.717) is 35.1 Å². The average Bonchev–Trinajstić information content (AvgIpc) is 3.20. The highest BCUT2D eigenvalue weighted by molar-refractivity contribution is 7.22. The van der Waals surface area contributed by atoms with Crippen LogP contribution in [0.1, 0.15) is 55.2 Å². The minimum atomic E-state index is -0.549. The average molecular weight is 523 g/mol. The van der Waals surface area contributed by atoms with Crippen molar-refractivity contribution in [3.8, 4) is 10.6 Å². The number of hydrogen-bond donors (Lipinski definition) is 1. The molecule has 1 N–H and O–H groups in total. The van der Waals surface area contributed by atoms with E-state index in [4.69, 9.17) is 0 Å². The van der Waals surface area contributed by atoms with Crippen molar-refractivity contribution in [3.05, 3.63) is 68.8 Å². The SMILES string of the molecule is Cc1c(-c2nc(Nc3ccc(C4CC[N+](C)([O-])CC4)cn3)ncc2F)sc2c(C(C)C)cn(C)c(=O)c12. The van der Waals surface area contributed by atoms with E-state index in [1.165, 1.54) is 11.3 Å². The number of likely N-dealkylation sites (tertiary alicyclic amines) is 1. The van der Waals surface area contributed by atoms with Crippen LogP contribution in [-0.2, 0) is 7.05 Å². The van der Waals surface area contributed by atoms with Crippen molar-refractivity contribution >= 4 is 33.2 Å². The number of thiophene rings is 1. The van der Waals surface area contributed by atoms with Crippen LogP contribution in [0.3, 0.4) is 0 Å². The Hall–Kier alpha value is -3.21. The minimum absolute atomic E-state index is 0.103. The number of nitrogens with one attached hydrogen (secondary N) is 1. The molecule has 0 saturated carbocycles. The predicted octanol–water partition coefficient (Wildman–Crippen LogP) is 5.59. The second-order valence-corrected chi connectivity index (χ2v) is 11.4. The highest BCUT2D eigenvalue weighted by atomic mass is 32.1. The fourth-order valence-electron chi connectivity index (χ4n) is 4.98. The van der Waals surface area contributed by atoms with E-state index in [1.54, 1.807) is 18.7 Å². The number of hydrogen-bond acceptors (Lipinski definition) is 7. The van der Waals surface area contributed by atoms with Gasteiger partial charge in [-0.2, -0.15) is 0 Å². The molecule has 0 aliphatic carbocycles. The third-order valence-corrected chi connectivity index (χ3v) is 8.60. The van der Waals surface area contributed by atoms with Crippen LogP contribution < -0.4 is 10.9 Å². The van der Waals surface area contributed by atoms with E-state index in [-0.39, 0.29) is 27.8 Å². The molecule has 0 unspecified atom stereocenters. The fourth-order valence-corrected chi connectivity index (χ4v) is 6.43. The number of rotatable bonds is 5. The molecule has 0 bridgehead atoms. The Morgan fingerprint density at radius 1 is 1.22 bits per heavy atom. The van der Waals surface area contributed by atoms with E-state index in [2.05, 4.69) is 34.1 Å². The summed E-state index contributed by atoms with van der Waals surface area (Å²) >= 11 is 1.39. The summed E-state index contributed by atoms with van der Waals surface area (Å²) in [6.07, 6.45) is 6.51. The monoisotopic (exact) mass is 522 g/mol. The van der Waals surface area contributed by atoms with Crippen LogP contribution in [-0.4, -0.2) is 44.3 Å². The largest absolute Gasteiger partial charge is 0.633 e. The second-order valence-electron chi connectivity index (χ2n) is 10.4. The predicted molar refractivity (Wildman–Crippen MR) is 146 cm³/mol. The normalized spacial score (nSPS) is 20.1. The van der Waals surface area contributed by atoms with Crippen LogP contribution in [0.2, 0.25) is 0 Å². The first-order valence-electron chi connectivity index (χ1n) is 12.5. The number of halogens is 1. The molecule has 0 atom stereocenters. The van der Waals surface area contributed by atoms with E-state index in [0.717, 1.165) is 40.4 Å². The summed E-state index contributed by atoms with van der Waals surface area (Å²) in [6.45, 7) is 7.22. The van der Waals surface area contributed by atoms with Crippen molar-refractivity contribution in [2.45, 2.75) is 45.4 Å². The van der Waals surface area contributed by atoms with E-state index >= 15 is 0 Å². The number of aryl methyl sites for hydroxylation is 2. The van der Waals surface area contributed by atoms with Crippen molar-refractivity contribution in [2.75, 3.05) is 25.5 Å². The Bertz CT molecular complexity index is 1520. The summed E-state index contributed by atoms with van der Waals surface area (Å²) in [5, 5.41) is 15.8. The maximum absolute atomic E-state index is 15.0. The van der Waals surface area contributed by atoms with E-state index < -0.39 is 5.82 Å². The van der Waals surface area contributed by atoms with Gasteiger partial charge in [-0.25, -0.2) is 19.3 Å². The van der Waals surface area contributed by atoms with Gasteiger partial charge in [-0.15, -0.1) is 11.3 Å². The summed E-state index contributed by atoms with van der Waals surface area (Å²) in [7, 11) is 3.46. The Balaban J connectivity index is 1.44. The summed E-state index contributed by atoms with van der Waals surface area (Å²) < 4.78 is 17.3. The van der Waals surface area contributed by atoms with Gasteiger partial charge in [0, 0.05) is 37.0 Å². The molecular formula is C27H31FN6O2S. The second kappa shape index (κ2) is 9.59. The van der Waals surface area contributed by atoms with Crippen LogP contribution in [0.15, 0.2) is 35.5 Å². The van der Waals surface area contributed by atoms with E-state index in [1.807, 2.05) is 31.5 Å². The zero-order valence-electron chi connectivity index (χ0n) is 21.7. The van der Waals surface area contributed by atoms with Gasteiger partial charge in [0.05, 0.1) is 36.6 Å². The molecule has 37 heavy (non-hydrogen) atoms. The molecule has 10 heteroatoms. The lowest BCUT2D eigenvalue weighted by Crippen LogP contribution is -2.43. The first-order valence-corrected chi connectivity index (χ1v) is 13.3. The molecular weight excluding hydrogens is 491 g/mol. The highest BCUT2D eigenvalue weighted by Crippen LogP contribution is 2.40. The van der Waals surface area contributed by atoms with Gasteiger partial charge in [0.1, 0.15) is 11.5 Å². The molecule has 1 aliphatic heterocycles. The third-order valence-electron chi connectivity index (χ3n) is 7.26. The maximum Gasteiger partial charge on any atom is 0.259 e. The molecule has 194 valence electrons. The number of pyridine rings is 2. The topological polar surface area (TPSA) is 95.8 Å². The molecule has 5 heterocycles. The molecule has 1 saturated heterocycles. The van der Waals surface area contributed by atoms with Gasteiger partial charge in [0.2, 0.25) is 5.95 Å². The van der Waals surface area contributed by atoms with Crippen molar-refractivity contribution in [3.63, 3.8) is 0 Å². The maximum atomic E-state index is 15.0. The van der Waals surface area contributed by atoms with Crippen LogP contribution in [0, 0.1) is 17.9 Å². The number of anilines is 2. The highest BCUT2D eigenvalue weighted by Gasteiger charge is 2.25. The number of hydroxylamine groups is 3. The number of aromatic nitrogens is 4. The van der Waals surface area contributed by atoms with Gasteiger partial charge in [-0.1, -0.05) is 19.9 Å². The minimum Gasteiger partial charge on any atom is -0.633 e. The molecule has 0 spiro atoms. The van der Waals surface area contributed by atoms with Gasteiger partial charge in [0.15, 0.2) is 5.82 Å². The first kappa shape index (κ1) is 25.4. The molecule has 4 aromatic rings. The number of piperidine rings is 1. The number of nitrogens with zero attached hydrogens (tertiary/aromatic N) is 5. The van der Waals surface area contributed by atoms with Gasteiger partial charge < -0.3 is 19.7 Å². The zero-order chi connectivity index (χ0) is 26.5. The molecule has 1 aliphatic rings. The summed E-state index contributed by atoms with van der Waals surface area (Å²) in [5.41, 5.74) is 2.92. The summed E-state index contributed by atoms with van der Waals surface area (Å²) in [6, 6.07) is 3.86. The molecule has 0 radical (unpaired) electrons. The molecule has 0 aromatic carbocycles. The lowest BCUT2D eigenvalue weighted by Gasteiger charge is -2.44. The van der Waals surface area contributed by atoms with E-state index in [9.17, 15) is 14.4 Å². The smallest absolute Gasteiger partial charge is 0.259 e. The summed E-state index contributed by atoms with van der Waals surface area (Å²) in [5.74, 6) is 0.759. The van der Waals surface area contributed by atoms with Gasteiger partial charge in [-0.05, 0) is 41.5 Å². The molecule has 8 nitrogen and oxygen atoms in total. The third kappa shape index (κ3) is 4.88. The standard InChI is InChI=1S/C27H31FN6O2S/c1-15(2)19-14-33(4)26(35)22-16(3)24(37-25(19)22)23-20(28)13-30-27(32-23)31-21-7-6-18(12-29-21)17-8-10-34(5,36)11-9-17/h6-7,12-15,17H,8-11H2,1-5H3,(H,29,30,31,32). The molecule has 5 rings (SSSR count). The Kier molecular flexibility index (Phi) is 6.59. The van der Waals surface area contributed by atoms with Crippen LogP contribution in [0.5, 0.6) is 0 Å². The van der Waals surface area contributed by atoms with Gasteiger partial charge in [0.25, 0.3) is 5.56 Å². The first-order chi connectivity index (χ1) is 17.5. The van der Waals surface area contributed by atoms with Crippen LogP contribution in [0.25, 0.3) is 20.7 Å². The number of quaternary nitrogens is 1. The zero-order valence-corrected chi connectivity index (χ0v) is 22.5. The quantitative estimate of drug-likeness (QED) is 0.271. The molecule has 0 amide bonds. The molecule has 1 fully saturated rings. The van der Waals surface area contributed by atoms with Crippen LogP contribution in [0.4, 0.5) is 16.2 Å². The van der Waals surface area contributed by atoms with Crippen molar-refractivity contribution in [1.29, 1.82) is 0 Å². The van der Waals surface area contributed by atoms with Crippen molar-refractivity contribution in [1.82, 2.24) is 19.5 Å². The van der Waals surface area contributed by atoms with Crippen molar-refractivity contribution in [2.24, 2.45) is 7.05 Å². The van der Waals surface area contributed by atoms with Gasteiger partial charge >= 0.3 is 0 Å². The molecule has 4 aromatic heterocycles. The Labute approximate surface area is 219 Å². The fraction of sp³-hybridized carbons (Fsp3) is 0.407. The number of fused-ring (bicyclic) bond motifs is 1. The van der Waals surface area contributed by atoms with Crippen molar-refractivity contribution < 1.29 is 9.04 Å². The summed E-state index contributed by atoms with van der Waals surface area (Å²) in [4.78, 5) is 26.7. The lowest BCUT2D eigenvalue weighted by atomic mass is 9.90.